The second-order valence-electron chi connectivity index (χ2n) is 1.51. The van der Waals surface area contributed by atoms with Gasteiger partial charge in [0.25, 0.3) is 0 Å². The van der Waals surface area contributed by atoms with E-state index in [-0.39, 0.29) is 0 Å². The average molecular weight is 157 g/mol. The minimum Gasteiger partial charge on any atom is -0.260 e. The van der Waals surface area contributed by atoms with Gasteiger partial charge in [0.1, 0.15) is 0 Å². The van der Waals surface area contributed by atoms with Gasteiger partial charge in [-0.15, -0.1) is 10.2 Å². The van der Waals surface area contributed by atoms with Crippen LogP contribution >= 0.6 is 11.6 Å². The molecule has 0 amide bonds. The summed E-state index contributed by atoms with van der Waals surface area (Å²) in [5, 5.41) is 11.0. The molecule has 0 fully saturated rings. The third-order valence-electron chi connectivity index (χ3n) is 0.826. The topological polar surface area (TPSA) is 50.2 Å². The zero-order valence-corrected chi connectivity index (χ0v) is 5.84. The van der Waals surface area contributed by atoms with Gasteiger partial charge in [0, 0.05) is 6.72 Å². The second kappa shape index (κ2) is 3.12. The fourth-order valence-corrected chi connectivity index (χ4v) is 0.557. The molecule has 1 aromatic heterocycles. The highest BCUT2D eigenvalue weighted by Crippen LogP contribution is 2.04. The first-order valence-electron chi connectivity index (χ1n) is 2.54. The van der Waals surface area contributed by atoms with Crippen LogP contribution in [0.5, 0.6) is 0 Å². The average Bonchev–Trinajstić information content (AvgIpc) is 1.95. The van der Waals surface area contributed by atoms with Crippen LogP contribution in [0.4, 0.5) is 5.82 Å². The first-order chi connectivity index (χ1) is 4.83. The Bertz CT molecular complexity index is 220. The van der Waals surface area contributed by atoms with E-state index in [9.17, 15) is 0 Å². The molecular weight excluding hydrogens is 152 g/mol. The van der Waals surface area contributed by atoms with Gasteiger partial charge >= 0.3 is 0 Å². The summed E-state index contributed by atoms with van der Waals surface area (Å²) in [4.78, 5) is 0. The Morgan fingerprint density at radius 3 is 2.80 bits per heavy atom. The second-order valence-corrected chi connectivity index (χ2v) is 1.90. The molecule has 1 heterocycles. The van der Waals surface area contributed by atoms with E-state index in [2.05, 4.69) is 27.4 Å². The molecule has 0 atom stereocenters. The monoisotopic (exact) mass is 156 g/mol. The maximum atomic E-state index is 5.46. The van der Waals surface area contributed by atoms with Crippen molar-refractivity contribution >= 4 is 24.1 Å². The van der Waals surface area contributed by atoms with E-state index in [0.29, 0.717) is 11.0 Å². The fraction of sp³-hybridized carbons (Fsp3) is 0. The molecule has 5 heteroatoms. The third-order valence-corrected chi connectivity index (χ3v) is 1.03. The maximum absolute atomic E-state index is 5.46. The number of nitrogens with one attached hydrogen (secondary N) is 1. The van der Waals surface area contributed by atoms with Crippen molar-refractivity contribution in [1.82, 2.24) is 10.2 Å². The van der Waals surface area contributed by atoms with Crippen molar-refractivity contribution in [3.05, 3.63) is 17.3 Å². The smallest absolute Gasteiger partial charge is 0.168 e. The summed E-state index contributed by atoms with van der Waals surface area (Å²) < 4.78 is 0. The lowest BCUT2D eigenvalue weighted by Crippen LogP contribution is -1.91. The highest BCUT2D eigenvalue weighted by atomic mass is 35.5. The summed E-state index contributed by atoms with van der Waals surface area (Å²) in [7, 11) is 0. The molecule has 0 bridgehead atoms. The van der Waals surface area contributed by atoms with Crippen LogP contribution in [0.15, 0.2) is 17.2 Å². The normalized spacial score (nSPS) is 8.90. The molecule has 0 aliphatic rings. The molecule has 0 aromatic carbocycles. The molecule has 0 radical (unpaired) electrons. The van der Waals surface area contributed by atoms with E-state index in [1.807, 2.05) is 0 Å². The molecule has 0 spiro atoms. The molecule has 0 aliphatic carbocycles. The predicted octanol–water partition coefficient (Wildman–Crippen LogP) is 1.16. The number of hydrogen-bond donors (Lipinski definition) is 1. The minimum absolute atomic E-state index is 0.356. The predicted molar refractivity (Wildman–Crippen MR) is 40.2 cm³/mol. The zero-order chi connectivity index (χ0) is 7.40. The molecule has 0 saturated heterocycles. The SMILES string of the molecule is C=NNc1ccc(Cl)nn1. The van der Waals surface area contributed by atoms with E-state index in [1.54, 1.807) is 12.1 Å². The molecule has 1 aromatic rings. The summed E-state index contributed by atoms with van der Waals surface area (Å²) in [6.45, 7) is 3.22. The Hall–Kier alpha value is -1.16. The molecule has 10 heavy (non-hydrogen) atoms. The van der Waals surface area contributed by atoms with Crippen LogP contribution in [0.2, 0.25) is 5.15 Å². The van der Waals surface area contributed by atoms with E-state index < -0.39 is 0 Å². The molecule has 1 N–H and O–H groups in total. The van der Waals surface area contributed by atoms with Crippen molar-refractivity contribution in [2.45, 2.75) is 0 Å². The van der Waals surface area contributed by atoms with Crippen LogP contribution in [0.1, 0.15) is 0 Å². The van der Waals surface area contributed by atoms with E-state index >= 15 is 0 Å². The van der Waals surface area contributed by atoms with Gasteiger partial charge in [-0.3, -0.25) is 5.43 Å². The Labute approximate surface area is 62.9 Å². The van der Waals surface area contributed by atoms with Crippen molar-refractivity contribution in [3.63, 3.8) is 0 Å². The number of aromatic nitrogens is 2. The number of rotatable bonds is 2. The van der Waals surface area contributed by atoms with Gasteiger partial charge in [-0.2, -0.15) is 5.10 Å². The number of halogens is 1. The highest BCUT2D eigenvalue weighted by molar-refractivity contribution is 6.29. The summed E-state index contributed by atoms with van der Waals surface area (Å²) in [6.07, 6.45) is 0. The maximum Gasteiger partial charge on any atom is 0.168 e. The number of anilines is 1. The molecule has 0 aliphatic heterocycles. The third kappa shape index (κ3) is 1.66. The number of nitrogens with zero attached hydrogens (tertiary/aromatic N) is 3. The molecule has 1 rings (SSSR count). The summed E-state index contributed by atoms with van der Waals surface area (Å²) in [5.41, 5.74) is 2.52. The van der Waals surface area contributed by atoms with Crippen LogP contribution in [0.3, 0.4) is 0 Å². The van der Waals surface area contributed by atoms with E-state index in [0.717, 1.165) is 0 Å². The quantitative estimate of drug-likeness (QED) is 0.516. The lowest BCUT2D eigenvalue weighted by atomic mass is 10.5. The first kappa shape index (κ1) is 6.95. The van der Waals surface area contributed by atoms with Crippen molar-refractivity contribution in [2.24, 2.45) is 5.10 Å². The van der Waals surface area contributed by atoms with Gasteiger partial charge in [0.15, 0.2) is 11.0 Å². The lowest BCUT2D eigenvalue weighted by molar-refractivity contribution is 1.02. The van der Waals surface area contributed by atoms with Crippen LogP contribution in [-0.4, -0.2) is 16.9 Å². The van der Waals surface area contributed by atoms with E-state index in [4.69, 9.17) is 11.6 Å². The van der Waals surface area contributed by atoms with Gasteiger partial charge in [0.05, 0.1) is 0 Å². The van der Waals surface area contributed by atoms with Gasteiger partial charge in [-0.05, 0) is 12.1 Å². The largest absolute Gasteiger partial charge is 0.260 e. The van der Waals surface area contributed by atoms with Crippen LogP contribution in [0, 0.1) is 0 Å². The summed E-state index contributed by atoms with van der Waals surface area (Å²) in [5.74, 6) is 0.527. The minimum atomic E-state index is 0.356. The fourth-order valence-electron chi connectivity index (χ4n) is 0.457. The van der Waals surface area contributed by atoms with E-state index in [1.165, 1.54) is 0 Å². The number of hydrazone groups is 1. The van der Waals surface area contributed by atoms with Crippen LogP contribution in [-0.2, 0) is 0 Å². The molecule has 0 unspecified atom stereocenters. The molecule has 52 valence electrons. The van der Waals surface area contributed by atoms with Crippen LogP contribution in [0.25, 0.3) is 0 Å². The first-order valence-corrected chi connectivity index (χ1v) is 2.91. The summed E-state index contributed by atoms with van der Waals surface area (Å²) in [6, 6.07) is 3.27. The van der Waals surface area contributed by atoms with Crippen molar-refractivity contribution in [3.8, 4) is 0 Å². The standard InChI is InChI=1S/C5H5ClN4/c1-7-9-5-3-2-4(6)8-10-5/h2-3H,1H2,(H,9,10). The lowest BCUT2D eigenvalue weighted by Gasteiger charge is -1.94. The number of hydrogen-bond acceptors (Lipinski definition) is 4. The van der Waals surface area contributed by atoms with Gasteiger partial charge < -0.3 is 0 Å². The van der Waals surface area contributed by atoms with Crippen molar-refractivity contribution in [1.29, 1.82) is 0 Å². The Balaban J connectivity index is 2.78. The summed E-state index contributed by atoms with van der Waals surface area (Å²) >= 11 is 5.46. The Morgan fingerprint density at radius 2 is 2.30 bits per heavy atom. The highest BCUT2D eigenvalue weighted by Gasteiger charge is 1.90. The molecular formula is C5H5ClN4. The van der Waals surface area contributed by atoms with Crippen molar-refractivity contribution in [2.75, 3.05) is 5.43 Å². The van der Waals surface area contributed by atoms with Gasteiger partial charge in [-0.1, -0.05) is 11.6 Å². The van der Waals surface area contributed by atoms with Gasteiger partial charge in [-0.25, -0.2) is 0 Å². The Morgan fingerprint density at radius 1 is 1.50 bits per heavy atom. The van der Waals surface area contributed by atoms with Gasteiger partial charge in [0.2, 0.25) is 0 Å². The zero-order valence-electron chi connectivity index (χ0n) is 5.08. The molecule has 0 saturated carbocycles. The van der Waals surface area contributed by atoms with Crippen LogP contribution < -0.4 is 5.43 Å². The van der Waals surface area contributed by atoms with Crippen molar-refractivity contribution < 1.29 is 0 Å². The molecule has 4 nitrogen and oxygen atoms in total. The Kier molecular flexibility index (Phi) is 2.17.